The van der Waals surface area contributed by atoms with Crippen LogP contribution in [0.15, 0.2) is 24.3 Å². The van der Waals surface area contributed by atoms with E-state index in [1.807, 2.05) is 49.7 Å². The van der Waals surface area contributed by atoms with Gasteiger partial charge in [0, 0.05) is 19.6 Å². The van der Waals surface area contributed by atoms with Crippen LogP contribution in [0.4, 0.5) is 4.79 Å². The molecule has 1 atom stereocenters. The van der Waals surface area contributed by atoms with E-state index < -0.39 is 6.09 Å². The van der Waals surface area contributed by atoms with Gasteiger partial charge in [0.25, 0.3) is 0 Å². The lowest BCUT2D eigenvalue weighted by molar-refractivity contribution is -0.0347. The molecule has 1 radical (unpaired) electrons. The summed E-state index contributed by atoms with van der Waals surface area (Å²) in [5.74, 6) is 0. The SMILES string of the molecule is CCN(CC)N(C(=O)O)C1CN[CH]c2ccccc21. The summed E-state index contributed by atoms with van der Waals surface area (Å²) < 4.78 is 0. The van der Waals surface area contributed by atoms with Crippen LogP contribution in [-0.4, -0.2) is 40.9 Å². The molecule has 0 aliphatic carbocycles. The van der Waals surface area contributed by atoms with E-state index >= 15 is 0 Å². The lowest BCUT2D eigenvalue weighted by atomic mass is 9.96. The molecule has 19 heavy (non-hydrogen) atoms. The Kier molecular flexibility index (Phi) is 4.39. The molecular formula is C14H20N3O2. The van der Waals surface area contributed by atoms with Crippen molar-refractivity contribution in [2.45, 2.75) is 19.9 Å². The molecule has 2 N–H and O–H groups in total. The molecule has 5 nitrogen and oxygen atoms in total. The van der Waals surface area contributed by atoms with Gasteiger partial charge in [-0.15, -0.1) is 0 Å². The number of nitrogens with zero attached hydrogens (tertiary/aromatic N) is 2. The van der Waals surface area contributed by atoms with Gasteiger partial charge in [0.15, 0.2) is 0 Å². The first kappa shape index (κ1) is 13.8. The molecule has 0 bridgehead atoms. The second-order valence-electron chi connectivity index (χ2n) is 4.46. The Morgan fingerprint density at radius 2 is 2.05 bits per heavy atom. The van der Waals surface area contributed by atoms with Gasteiger partial charge in [-0.1, -0.05) is 38.1 Å². The fourth-order valence-electron chi connectivity index (χ4n) is 2.53. The topological polar surface area (TPSA) is 55.8 Å². The van der Waals surface area contributed by atoms with Crippen molar-refractivity contribution in [1.29, 1.82) is 0 Å². The van der Waals surface area contributed by atoms with Crippen molar-refractivity contribution >= 4 is 6.09 Å². The summed E-state index contributed by atoms with van der Waals surface area (Å²) in [5, 5.41) is 16.0. The van der Waals surface area contributed by atoms with Crippen molar-refractivity contribution in [2.24, 2.45) is 0 Å². The van der Waals surface area contributed by atoms with E-state index in [-0.39, 0.29) is 6.04 Å². The summed E-state index contributed by atoms with van der Waals surface area (Å²) >= 11 is 0. The second kappa shape index (κ2) is 6.04. The number of amides is 1. The summed E-state index contributed by atoms with van der Waals surface area (Å²) in [4.78, 5) is 11.6. The van der Waals surface area contributed by atoms with Crippen LogP contribution in [0.1, 0.15) is 31.0 Å². The van der Waals surface area contributed by atoms with Crippen LogP contribution < -0.4 is 5.32 Å². The molecule has 1 amide bonds. The molecule has 1 aromatic carbocycles. The van der Waals surface area contributed by atoms with Crippen LogP contribution in [-0.2, 0) is 0 Å². The minimum Gasteiger partial charge on any atom is -0.464 e. The summed E-state index contributed by atoms with van der Waals surface area (Å²) in [6, 6.07) is 7.72. The Morgan fingerprint density at radius 3 is 2.68 bits per heavy atom. The van der Waals surface area contributed by atoms with Crippen molar-refractivity contribution < 1.29 is 9.90 Å². The minimum absolute atomic E-state index is 0.182. The average molecular weight is 262 g/mol. The maximum Gasteiger partial charge on any atom is 0.422 e. The number of carbonyl (C=O) groups is 1. The first-order chi connectivity index (χ1) is 9.19. The molecule has 0 fully saturated rings. The molecule has 1 unspecified atom stereocenters. The lowest BCUT2D eigenvalue weighted by Crippen LogP contribution is -2.51. The molecule has 103 valence electrons. The molecule has 1 aliphatic heterocycles. The van der Waals surface area contributed by atoms with Gasteiger partial charge in [-0.3, -0.25) is 0 Å². The van der Waals surface area contributed by atoms with Crippen LogP contribution in [0, 0.1) is 6.54 Å². The van der Waals surface area contributed by atoms with Crippen LogP contribution in [0.3, 0.4) is 0 Å². The molecule has 1 aromatic rings. The smallest absolute Gasteiger partial charge is 0.422 e. The van der Waals surface area contributed by atoms with Crippen molar-refractivity contribution in [2.75, 3.05) is 19.6 Å². The fourth-order valence-corrected chi connectivity index (χ4v) is 2.53. The highest BCUT2D eigenvalue weighted by Crippen LogP contribution is 2.29. The number of rotatable bonds is 4. The van der Waals surface area contributed by atoms with Crippen molar-refractivity contribution in [1.82, 2.24) is 15.3 Å². The number of hydrazine groups is 1. The molecule has 0 spiro atoms. The van der Waals surface area contributed by atoms with Crippen molar-refractivity contribution in [3.63, 3.8) is 0 Å². The maximum absolute atomic E-state index is 11.6. The predicted octanol–water partition coefficient (Wildman–Crippen LogP) is 2.08. The molecule has 5 heteroatoms. The van der Waals surface area contributed by atoms with Gasteiger partial charge in [-0.25, -0.2) is 14.8 Å². The predicted molar refractivity (Wildman–Crippen MR) is 73.4 cm³/mol. The molecule has 1 heterocycles. The van der Waals surface area contributed by atoms with Gasteiger partial charge < -0.3 is 10.4 Å². The molecule has 0 saturated heterocycles. The summed E-state index contributed by atoms with van der Waals surface area (Å²) in [5.41, 5.74) is 2.10. The Labute approximate surface area is 113 Å². The maximum atomic E-state index is 11.6. The Bertz CT molecular complexity index is 446. The standard InChI is InChI=1S/C14H20N3O2/c1-3-16(4-2)17(14(18)19)13-10-15-9-11-7-5-6-8-12(11)13/h5-9,13,15H,3-4,10H2,1-2H3,(H,18,19). The van der Waals surface area contributed by atoms with E-state index in [2.05, 4.69) is 5.32 Å². The third-order valence-corrected chi connectivity index (χ3v) is 3.45. The summed E-state index contributed by atoms with van der Waals surface area (Å²) in [6.45, 7) is 7.81. The largest absolute Gasteiger partial charge is 0.464 e. The Morgan fingerprint density at radius 1 is 1.37 bits per heavy atom. The molecular weight excluding hydrogens is 242 g/mol. The number of fused-ring (bicyclic) bond motifs is 1. The monoisotopic (exact) mass is 262 g/mol. The third kappa shape index (κ3) is 2.72. The van der Waals surface area contributed by atoms with Gasteiger partial charge in [0.2, 0.25) is 0 Å². The van der Waals surface area contributed by atoms with Crippen molar-refractivity contribution in [3.8, 4) is 0 Å². The molecule has 0 aromatic heterocycles. The second-order valence-corrected chi connectivity index (χ2v) is 4.46. The average Bonchev–Trinajstić information content (AvgIpc) is 2.44. The van der Waals surface area contributed by atoms with Crippen LogP contribution >= 0.6 is 0 Å². The van der Waals surface area contributed by atoms with Gasteiger partial charge in [0.1, 0.15) is 0 Å². The Hall–Kier alpha value is -1.59. The fraction of sp³-hybridized carbons (Fsp3) is 0.429. The normalized spacial score (nSPS) is 18.2. The molecule has 0 saturated carbocycles. The van der Waals surface area contributed by atoms with E-state index in [9.17, 15) is 9.90 Å². The highest BCUT2D eigenvalue weighted by Gasteiger charge is 2.32. The highest BCUT2D eigenvalue weighted by atomic mass is 16.4. The summed E-state index contributed by atoms with van der Waals surface area (Å²) in [6.07, 6.45) is -0.910. The Balaban J connectivity index is 2.36. The van der Waals surface area contributed by atoms with Gasteiger partial charge >= 0.3 is 6.09 Å². The quantitative estimate of drug-likeness (QED) is 0.816. The van der Waals surface area contributed by atoms with Gasteiger partial charge in [0.05, 0.1) is 12.6 Å². The first-order valence-electron chi connectivity index (χ1n) is 6.61. The lowest BCUT2D eigenvalue weighted by Gasteiger charge is -2.40. The first-order valence-corrected chi connectivity index (χ1v) is 6.61. The summed E-state index contributed by atoms with van der Waals surface area (Å²) in [7, 11) is 0. The molecule has 1 aliphatic rings. The van der Waals surface area contributed by atoms with Crippen LogP contribution in [0.5, 0.6) is 0 Å². The molecule has 2 rings (SSSR count). The van der Waals surface area contributed by atoms with E-state index in [0.29, 0.717) is 19.6 Å². The number of hydrogen-bond donors (Lipinski definition) is 2. The van der Waals surface area contributed by atoms with E-state index in [1.54, 1.807) is 0 Å². The third-order valence-electron chi connectivity index (χ3n) is 3.45. The zero-order chi connectivity index (χ0) is 13.8. The number of carboxylic acid groups (broad SMARTS) is 1. The van der Waals surface area contributed by atoms with Crippen LogP contribution in [0.25, 0.3) is 0 Å². The van der Waals surface area contributed by atoms with E-state index in [0.717, 1.165) is 11.1 Å². The zero-order valence-corrected chi connectivity index (χ0v) is 11.3. The van der Waals surface area contributed by atoms with Gasteiger partial charge in [-0.05, 0) is 11.1 Å². The van der Waals surface area contributed by atoms with Crippen molar-refractivity contribution in [3.05, 3.63) is 41.9 Å². The van der Waals surface area contributed by atoms with E-state index in [1.165, 1.54) is 5.01 Å². The van der Waals surface area contributed by atoms with E-state index in [4.69, 9.17) is 0 Å². The number of nitrogens with one attached hydrogen (secondary N) is 1. The minimum atomic E-state index is -0.910. The van der Waals surface area contributed by atoms with Crippen LogP contribution in [0.2, 0.25) is 0 Å². The number of hydrogen-bond acceptors (Lipinski definition) is 3. The zero-order valence-electron chi connectivity index (χ0n) is 11.3. The highest BCUT2D eigenvalue weighted by molar-refractivity contribution is 5.65. The number of benzene rings is 1. The van der Waals surface area contributed by atoms with Gasteiger partial charge in [-0.2, -0.15) is 0 Å².